The molecule has 0 unspecified atom stereocenters. The van der Waals surface area contributed by atoms with Crippen LogP contribution in [0.15, 0.2) is 48.5 Å². The van der Waals surface area contributed by atoms with E-state index in [2.05, 4.69) is 18.7 Å². The zero-order valence-corrected chi connectivity index (χ0v) is 16.2. The highest BCUT2D eigenvalue weighted by Crippen LogP contribution is 2.33. The summed E-state index contributed by atoms with van der Waals surface area (Å²) in [7, 11) is 0. The molecule has 0 bridgehead atoms. The third kappa shape index (κ3) is 4.32. The number of ether oxygens (including phenoxy) is 1. The third-order valence-corrected chi connectivity index (χ3v) is 4.79. The topological polar surface area (TPSA) is 49.8 Å². The molecular weight excluding hydrogens is 326 g/mol. The van der Waals surface area contributed by atoms with Gasteiger partial charge in [-0.1, -0.05) is 67.9 Å². The number of carbonyl (C=O) groups excluding carboxylic acids is 1. The average molecular weight is 355 g/mol. The molecule has 140 valence electrons. The van der Waals surface area contributed by atoms with Gasteiger partial charge in [-0.3, -0.25) is 0 Å². The lowest BCUT2D eigenvalue weighted by Gasteiger charge is -2.29. The third-order valence-electron chi connectivity index (χ3n) is 4.79. The lowest BCUT2D eigenvalue weighted by molar-refractivity contribution is -0.162. The number of aliphatic hydroxyl groups is 1. The van der Waals surface area contributed by atoms with Gasteiger partial charge in [0.05, 0.1) is 0 Å². The molecule has 2 rings (SSSR count). The molecule has 0 saturated heterocycles. The number of hydrogen-bond donors (Lipinski definition) is 1. The van der Waals surface area contributed by atoms with E-state index < -0.39 is 11.6 Å². The Morgan fingerprint density at radius 2 is 1.73 bits per heavy atom. The molecule has 0 fully saturated rings. The van der Waals surface area contributed by atoms with E-state index in [1.807, 2.05) is 50.2 Å². The molecule has 0 aliphatic heterocycles. The zero-order valence-electron chi connectivity index (χ0n) is 16.2. The molecular formula is C22H29NO3. The van der Waals surface area contributed by atoms with Crippen molar-refractivity contribution in [3.63, 3.8) is 0 Å². The molecule has 0 radical (unpaired) electrons. The molecule has 0 amide bonds. The fraction of sp³-hybridized carbons (Fsp3) is 0.409. The molecule has 26 heavy (non-hydrogen) atoms. The van der Waals surface area contributed by atoms with Crippen LogP contribution in [0.25, 0.3) is 0 Å². The Hall–Kier alpha value is -2.17. The van der Waals surface area contributed by atoms with Crippen LogP contribution in [0.1, 0.15) is 36.1 Å². The van der Waals surface area contributed by atoms with E-state index in [9.17, 15) is 9.90 Å². The Bertz CT molecular complexity index is 725. The van der Waals surface area contributed by atoms with Gasteiger partial charge in [-0.2, -0.15) is 0 Å². The number of hydrogen-bond acceptors (Lipinski definition) is 4. The van der Waals surface area contributed by atoms with Crippen LogP contribution in [-0.2, 0) is 15.1 Å². The lowest BCUT2D eigenvalue weighted by atomic mass is 9.83. The van der Waals surface area contributed by atoms with Crippen LogP contribution in [0.2, 0.25) is 0 Å². The van der Waals surface area contributed by atoms with Crippen molar-refractivity contribution in [2.45, 2.75) is 33.3 Å². The van der Waals surface area contributed by atoms with E-state index >= 15 is 0 Å². The molecule has 1 atom stereocenters. The molecule has 0 heterocycles. The molecule has 2 aromatic rings. The minimum Gasteiger partial charge on any atom is -0.462 e. The first-order valence-corrected chi connectivity index (χ1v) is 9.18. The normalized spacial score (nSPS) is 13.5. The standard InChI is InChI=1S/C22H29NO3/c1-5-23(6-2)14-15-26-21(24)22(25,19-10-8-7-9-11-19)20-13-12-17(3)16-18(20)4/h7-13,16,25H,5-6,14-15H2,1-4H3/t22-/m0/s1. The van der Waals surface area contributed by atoms with E-state index in [1.54, 1.807) is 12.1 Å². The van der Waals surface area contributed by atoms with Crippen LogP contribution in [0, 0.1) is 13.8 Å². The van der Waals surface area contributed by atoms with Crippen molar-refractivity contribution in [2.24, 2.45) is 0 Å². The molecule has 4 nitrogen and oxygen atoms in total. The number of aryl methyl sites for hydroxylation is 2. The van der Waals surface area contributed by atoms with Crippen molar-refractivity contribution in [3.05, 3.63) is 70.8 Å². The van der Waals surface area contributed by atoms with Crippen molar-refractivity contribution in [1.82, 2.24) is 4.90 Å². The summed E-state index contributed by atoms with van der Waals surface area (Å²) in [6, 6.07) is 14.7. The van der Waals surface area contributed by atoms with Crippen molar-refractivity contribution >= 4 is 5.97 Å². The van der Waals surface area contributed by atoms with Crippen LogP contribution in [0.4, 0.5) is 0 Å². The molecule has 1 N–H and O–H groups in total. The van der Waals surface area contributed by atoms with Crippen molar-refractivity contribution < 1.29 is 14.6 Å². The van der Waals surface area contributed by atoms with Crippen LogP contribution in [0.3, 0.4) is 0 Å². The van der Waals surface area contributed by atoms with E-state index in [4.69, 9.17) is 4.74 Å². The van der Waals surface area contributed by atoms with E-state index in [1.165, 1.54) is 0 Å². The highest BCUT2D eigenvalue weighted by Gasteiger charge is 2.42. The summed E-state index contributed by atoms with van der Waals surface area (Å²) in [5.74, 6) is -0.636. The van der Waals surface area contributed by atoms with Gasteiger partial charge in [0.2, 0.25) is 5.60 Å². The van der Waals surface area contributed by atoms with Gasteiger partial charge >= 0.3 is 5.97 Å². The number of benzene rings is 2. The molecule has 0 aromatic heterocycles. The first-order chi connectivity index (χ1) is 12.4. The van der Waals surface area contributed by atoms with Gasteiger partial charge in [-0.15, -0.1) is 0 Å². The van der Waals surface area contributed by atoms with Crippen LogP contribution < -0.4 is 0 Å². The van der Waals surface area contributed by atoms with Gasteiger partial charge in [0, 0.05) is 12.1 Å². The average Bonchev–Trinajstić information content (AvgIpc) is 2.65. The molecule has 0 saturated carbocycles. The Morgan fingerprint density at radius 3 is 2.31 bits per heavy atom. The second kappa shape index (κ2) is 8.97. The maximum Gasteiger partial charge on any atom is 0.347 e. The fourth-order valence-corrected chi connectivity index (χ4v) is 3.19. The summed E-state index contributed by atoms with van der Waals surface area (Å²) >= 11 is 0. The smallest absolute Gasteiger partial charge is 0.347 e. The van der Waals surface area contributed by atoms with Gasteiger partial charge in [0.25, 0.3) is 0 Å². The number of carbonyl (C=O) groups is 1. The zero-order chi connectivity index (χ0) is 19.2. The van der Waals surface area contributed by atoms with Gasteiger partial charge in [0.1, 0.15) is 6.61 Å². The van der Waals surface area contributed by atoms with Crippen LogP contribution in [-0.4, -0.2) is 42.2 Å². The first kappa shape index (κ1) is 20.1. The first-order valence-electron chi connectivity index (χ1n) is 9.18. The predicted molar refractivity (Wildman–Crippen MR) is 104 cm³/mol. The Morgan fingerprint density at radius 1 is 1.08 bits per heavy atom. The summed E-state index contributed by atoms with van der Waals surface area (Å²) in [6.45, 7) is 10.7. The maximum atomic E-state index is 13.0. The van der Waals surface area contributed by atoms with E-state index in [-0.39, 0.29) is 6.61 Å². The highest BCUT2D eigenvalue weighted by molar-refractivity contribution is 5.86. The quantitative estimate of drug-likeness (QED) is 0.737. The van der Waals surface area contributed by atoms with Crippen LogP contribution >= 0.6 is 0 Å². The van der Waals surface area contributed by atoms with Gasteiger partial charge in [0.15, 0.2) is 0 Å². The highest BCUT2D eigenvalue weighted by atomic mass is 16.5. The Balaban J connectivity index is 2.34. The maximum absolute atomic E-state index is 13.0. The summed E-state index contributed by atoms with van der Waals surface area (Å²) < 4.78 is 5.50. The van der Waals surface area contributed by atoms with Gasteiger partial charge in [-0.05, 0) is 38.1 Å². The SMILES string of the molecule is CCN(CC)CCOC(=O)[C@](O)(c1ccccc1)c1ccc(C)cc1C. The van der Waals surface area contributed by atoms with Crippen LogP contribution in [0.5, 0.6) is 0 Å². The predicted octanol–water partition coefficient (Wildman–Crippen LogP) is 3.42. The Kier molecular flexibility index (Phi) is 6.95. The van der Waals surface area contributed by atoms with Gasteiger partial charge < -0.3 is 14.7 Å². The second-order valence-corrected chi connectivity index (χ2v) is 6.56. The van der Waals surface area contributed by atoms with Crippen molar-refractivity contribution in [1.29, 1.82) is 0 Å². The lowest BCUT2D eigenvalue weighted by Crippen LogP contribution is -2.40. The Labute approximate surface area is 156 Å². The minimum atomic E-state index is -1.82. The molecule has 0 aliphatic carbocycles. The summed E-state index contributed by atoms with van der Waals surface area (Å²) in [4.78, 5) is 15.1. The monoisotopic (exact) mass is 355 g/mol. The van der Waals surface area contributed by atoms with Crippen molar-refractivity contribution in [2.75, 3.05) is 26.2 Å². The number of esters is 1. The number of rotatable bonds is 8. The van der Waals surface area contributed by atoms with E-state index in [0.29, 0.717) is 17.7 Å². The number of nitrogens with zero attached hydrogens (tertiary/aromatic N) is 1. The second-order valence-electron chi connectivity index (χ2n) is 6.56. The summed E-state index contributed by atoms with van der Waals surface area (Å²) in [5.41, 5.74) is 1.19. The molecule has 0 spiro atoms. The largest absolute Gasteiger partial charge is 0.462 e. The van der Waals surface area contributed by atoms with Gasteiger partial charge in [-0.25, -0.2) is 4.79 Å². The minimum absolute atomic E-state index is 0.251. The fourth-order valence-electron chi connectivity index (χ4n) is 3.19. The van der Waals surface area contributed by atoms with E-state index in [0.717, 1.165) is 24.2 Å². The van der Waals surface area contributed by atoms with Crippen molar-refractivity contribution in [3.8, 4) is 0 Å². The summed E-state index contributed by atoms with van der Waals surface area (Å²) in [5, 5.41) is 11.5. The molecule has 0 aliphatic rings. The summed E-state index contributed by atoms with van der Waals surface area (Å²) in [6.07, 6.45) is 0. The molecule has 2 aromatic carbocycles. The molecule has 4 heteroatoms. The number of likely N-dealkylation sites (N-methyl/N-ethyl adjacent to an activating group) is 1.